The summed E-state index contributed by atoms with van der Waals surface area (Å²) in [5, 5.41) is 3.32. The molecule has 1 heterocycles. The molecule has 1 unspecified atom stereocenters. The monoisotopic (exact) mass is 249 g/mol. The molecule has 2 rings (SSSR count). The molecule has 5 nitrogen and oxygen atoms in total. The van der Waals surface area contributed by atoms with Gasteiger partial charge >= 0.3 is 0 Å². The molecular formula is C13H23N5. The number of nitrogen functional groups attached to an aromatic ring is 1. The minimum Gasteiger partial charge on any atom is -0.368 e. The van der Waals surface area contributed by atoms with E-state index in [0.29, 0.717) is 12.0 Å². The second-order valence-electron chi connectivity index (χ2n) is 6.32. The average Bonchev–Trinajstić information content (AvgIpc) is 2.98. The van der Waals surface area contributed by atoms with Crippen LogP contribution in [0.3, 0.4) is 0 Å². The van der Waals surface area contributed by atoms with Crippen LogP contribution in [0.5, 0.6) is 0 Å². The van der Waals surface area contributed by atoms with E-state index >= 15 is 0 Å². The highest BCUT2D eigenvalue weighted by molar-refractivity contribution is 5.33. The number of hydrogen-bond donors (Lipinski definition) is 2. The number of nitrogens with one attached hydrogen (secondary N) is 1. The number of hydrogen-bond acceptors (Lipinski definition) is 5. The molecule has 18 heavy (non-hydrogen) atoms. The van der Waals surface area contributed by atoms with Gasteiger partial charge in [0.15, 0.2) is 0 Å². The predicted molar refractivity (Wildman–Crippen MR) is 73.4 cm³/mol. The van der Waals surface area contributed by atoms with Crippen LogP contribution in [0.1, 0.15) is 52.8 Å². The summed E-state index contributed by atoms with van der Waals surface area (Å²) in [7, 11) is 0. The van der Waals surface area contributed by atoms with E-state index in [1.807, 2.05) is 0 Å². The van der Waals surface area contributed by atoms with Crippen molar-refractivity contribution in [2.75, 3.05) is 11.1 Å². The molecule has 1 fully saturated rings. The number of nitrogens with zero attached hydrogens (tertiary/aromatic N) is 3. The van der Waals surface area contributed by atoms with Crippen molar-refractivity contribution in [3.63, 3.8) is 0 Å². The van der Waals surface area contributed by atoms with Gasteiger partial charge in [0.05, 0.1) is 0 Å². The number of aromatic nitrogens is 3. The zero-order valence-electron chi connectivity index (χ0n) is 11.7. The van der Waals surface area contributed by atoms with Gasteiger partial charge < -0.3 is 11.1 Å². The largest absolute Gasteiger partial charge is 0.368 e. The molecule has 1 aromatic heterocycles. The summed E-state index contributed by atoms with van der Waals surface area (Å²) in [6, 6.07) is 0.382. The van der Waals surface area contributed by atoms with Crippen molar-refractivity contribution in [2.24, 2.45) is 5.92 Å². The Kier molecular flexibility index (Phi) is 3.41. The van der Waals surface area contributed by atoms with Crippen molar-refractivity contribution in [1.82, 2.24) is 15.0 Å². The SMILES string of the molecule is CC(CC1CC1)Nc1nc(N)nc(C(C)(C)C)n1. The third-order valence-corrected chi connectivity index (χ3v) is 3.08. The second kappa shape index (κ2) is 4.71. The summed E-state index contributed by atoms with van der Waals surface area (Å²) >= 11 is 0. The molecule has 0 aliphatic heterocycles. The van der Waals surface area contributed by atoms with Crippen molar-refractivity contribution in [3.05, 3.63) is 5.82 Å². The molecule has 0 saturated heterocycles. The Morgan fingerprint density at radius 3 is 2.50 bits per heavy atom. The van der Waals surface area contributed by atoms with Gasteiger partial charge in [0.2, 0.25) is 11.9 Å². The van der Waals surface area contributed by atoms with Gasteiger partial charge in [0.1, 0.15) is 5.82 Å². The van der Waals surface area contributed by atoms with Gasteiger partial charge in [-0.2, -0.15) is 15.0 Å². The van der Waals surface area contributed by atoms with Crippen molar-refractivity contribution in [3.8, 4) is 0 Å². The molecule has 0 amide bonds. The van der Waals surface area contributed by atoms with Gasteiger partial charge in [-0.05, 0) is 19.3 Å². The fourth-order valence-corrected chi connectivity index (χ4v) is 1.93. The van der Waals surface area contributed by atoms with E-state index in [1.54, 1.807) is 0 Å². The fraction of sp³-hybridized carbons (Fsp3) is 0.769. The number of rotatable bonds is 4. The van der Waals surface area contributed by atoms with Crippen LogP contribution in [-0.2, 0) is 5.41 Å². The van der Waals surface area contributed by atoms with Gasteiger partial charge in [-0.1, -0.05) is 33.6 Å². The first kappa shape index (κ1) is 13.1. The van der Waals surface area contributed by atoms with Crippen molar-refractivity contribution in [2.45, 2.75) is 58.4 Å². The summed E-state index contributed by atoms with van der Waals surface area (Å²) in [4.78, 5) is 12.8. The van der Waals surface area contributed by atoms with Crippen LogP contribution in [0.25, 0.3) is 0 Å². The van der Waals surface area contributed by atoms with Gasteiger partial charge in [-0.25, -0.2) is 0 Å². The lowest BCUT2D eigenvalue weighted by atomic mass is 9.96. The third kappa shape index (κ3) is 3.55. The van der Waals surface area contributed by atoms with Crippen LogP contribution in [0, 0.1) is 5.92 Å². The lowest BCUT2D eigenvalue weighted by molar-refractivity contribution is 0.542. The van der Waals surface area contributed by atoms with Crippen LogP contribution in [0.15, 0.2) is 0 Å². The zero-order chi connectivity index (χ0) is 13.3. The van der Waals surface area contributed by atoms with Gasteiger partial charge in [0.25, 0.3) is 0 Å². The molecule has 5 heteroatoms. The molecule has 0 bridgehead atoms. The number of nitrogens with two attached hydrogens (primary N) is 1. The molecule has 1 aromatic rings. The average molecular weight is 249 g/mol. The van der Waals surface area contributed by atoms with Crippen molar-refractivity contribution < 1.29 is 0 Å². The lowest BCUT2D eigenvalue weighted by Gasteiger charge is -2.19. The highest BCUT2D eigenvalue weighted by atomic mass is 15.2. The quantitative estimate of drug-likeness (QED) is 0.856. The smallest absolute Gasteiger partial charge is 0.227 e. The first-order valence-electron chi connectivity index (χ1n) is 6.63. The van der Waals surface area contributed by atoms with Gasteiger partial charge in [0, 0.05) is 11.5 Å². The lowest BCUT2D eigenvalue weighted by Crippen LogP contribution is -2.23. The van der Waals surface area contributed by atoms with Crippen molar-refractivity contribution in [1.29, 1.82) is 0 Å². The summed E-state index contributed by atoms with van der Waals surface area (Å²) < 4.78 is 0. The Hall–Kier alpha value is -1.39. The van der Waals surface area contributed by atoms with Gasteiger partial charge in [-0.15, -0.1) is 0 Å². The van der Waals surface area contributed by atoms with E-state index in [2.05, 4.69) is 48.0 Å². The maximum absolute atomic E-state index is 5.74. The Morgan fingerprint density at radius 1 is 1.28 bits per heavy atom. The molecule has 3 N–H and O–H groups in total. The zero-order valence-corrected chi connectivity index (χ0v) is 11.7. The van der Waals surface area contributed by atoms with E-state index in [0.717, 1.165) is 11.7 Å². The maximum Gasteiger partial charge on any atom is 0.227 e. The van der Waals surface area contributed by atoms with E-state index in [9.17, 15) is 0 Å². The predicted octanol–water partition coefficient (Wildman–Crippen LogP) is 2.35. The van der Waals surface area contributed by atoms with Crippen LogP contribution >= 0.6 is 0 Å². The molecule has 0 spiro atoms. The Balaban J connectivity index is 2.09. The summed E-state index contributed by atoms with van der Waals surface area (Å²) in [5.74, 6) is 2.50. The van der Waals surface area contributed by atoms with Crippen LogP contribution < -0.4 is 11.1 Å². The molecular weight excluding hydrogens is 226 g/mol. The van der Waals surface area contributed by atoms with E-state index < -0.39 is 0 Å². The summed E-state index contributed by atoms with van der Waals surface area (Å²) in [6.07, 6.45) is 3.90. The summed E-state index contributed by atoms with van der Waals surface area (Å²) in [5.41, 5.74) is 5.63. The molecule has 1 aliphatic rings. The Labute approximate surface area is 109 Å². The fourth-order valence-electron chi connectivity index (χ4n) is 1.93. The number of anilines is 2. The Bertz CT molecular complexity index is 420. The molecule has 0 aromatic carbocycles. The van der Waals surface area contributed by atoms with Crippen LogP contribution in [0.4, 0.5) is 11.9 Å². The van der Waals surface area contributed by atoms with Crippen LogP contribution in [-0.4, -0.2) is 21.0 Å². The topological polar surface area (TPSA) is 76.7 Å². The highest BCUT2D eigenvalue weighted by Crippen LogP contribution is 2.33. The third-order valence-electron chi connectivity index (χ3n) is 3.08. The first-order chi connectivity index (χ1) is 8.34. The van der Waals surface area contributed by atoms with E-state index in [1.165, 1.54) is 19.3 Å². The van der Waals surface area contributed by atoms with Gasteiger partial charge in [-0.3, -0.25) is 0 Å². The van der Waals surface area contributed by atoms with Crippen LogP contribution in [0.2, 0.25) is 0 Å². The van der Waals surface area contributed by atoms with E-state index in [-0.39, 0.29) is 11.4 Å². The van der Waals surface area contributed by atoms with Crippen molar-refractivity contribution >= 4 is 11.9 Å². The molecule has 1 atom stereocenters. The highest BCUT2D eigenvalue weighted by Gasteiger charge is 2.24. The minimum atomic E-state index is -0.118. The molecule has 100 valence electrons. The molecule has 1 saturated carbocycles. The summed E-state index contributed by atoms with van der Waals surface area (Å²) in [6.45, 7) is 8.37. The molecule has 1 aliphatic carbocycles. The minimum absolute atomic E-state index is 0.118. The second-order valence-corrected chi connectivity index (χ2v) is 6.32. The molecule has 0 radical (unpaired) electrons. The maximum atomic E-state index is 5.74. The van der Waals surface area contributed by atoms with E-state index in [4.69, 9.17) is 5.73 Å². The normalized spacial score (nSPS) is 17.6. The Morgan fingerprint density at radius 2 is 1.94 bits per heavy atom. The standard InChI is InChI=1S/C13H23N5/c1-8(7-9-5-6-9)15-12-17-10(13(2,3)4)16-11(14)18-12/h8-9H,5-7H2,1-4H3,(H3,14,15,16,17,18). The first-order valence-corrected chi connectivity index (χ1v) is 6.63.